The first kappa shape index (κ1) is 22.6. The Kier molecular flexibility index (Phi) is 6.19. The second-order valence-corrected chi connectivity index (χ2v) is 8.88. The Morgan fingerprint density at radius 2 is 1.69 bits per heavy atom. The second kappa shape index (κ2) is 9.58. The average Bonchev–Trinajstić information content (AvgIpc) is 3.52. The smallest absolute Gasteiger partial charge is 0.291 e. The molecule has 5 rings (SSSR count). The molecule has 1 N–H and O–H groups in total. The van der Waals surface area contributed by atoms with Crippen molar-refractivity contribution in [2.45, 2.75) is 40.0 Å². The predicted molar refractivity (Wildman–Crippen MR) is 139 cm³/mol. The molecule has 6 heteroatoms. The van der Waals surface area contributed by atoms with E-state index in [1.54, 1.807) is 10.9 Å². The number of nitrogens with zero attached hydrogens (tertiary/aromatic N) is 3. The number of aryl methyl sites for hydroxylation is 3. The number of furan rings is 1. The molecule has 0 aliphatic heterocycles. The third-order valence-electron chi connectivity index (χ3n) is 6.25. The van der Waals surface area contributed by atoms with E-state index in [1.807, 2.05) is 42.5 Å². The fraction of sp³-hybridized carbons (Fsp3) is 0.207. The number of unbranched alkanes of at least 4 members (excludes halogenated alkanes) is 1. The van der Waals surface area contributed by atoms with Gasteiger partial charge in [-0.25, -0.2) is 0 Å². The number of aromatic nitrogens is 3. The summed E-state index contributed by atoms with van der Waals surface area (Å²) in [4.78, 5) is 14.4. The molecule has 0 aliphatic carbocycles. The molecule has 0 fully saturated rings. The second-order valence-electron chi connectivity index (χ2n) is 8.88. The molecule has 0 aliphatic rings. The minimum absolute atomic E-state index is 0.255. The van der Waals surface area contributed by atoms with Crippen LogP contribution in [-0.4, -0.2) is 20.9 Å². The number of hydrogen-bond acceptors (Lipinski definition) is 4. The Bertz CT molecular complexity index is 1500. The molecular weight excluding hydrogens is 436 g/mol. The van der Waals surface area contributed by atoms with Crippen molar-refractivity contribution in [2.75, 3.05) is 5.32 Å². The van der Waals surface area contributed by atoms with E-state index < -0.39 is 0 Å². The van der Waals surface area contributed by atoms with Crippen LogP contribution in [0.25, 0.3) is 28.0 Å². The Hall–Kier alpha value is -4.19. The van der Waals surface area contributed by atoms with Crippen molar-refractivity contribution in [2.24, 2.45) is 0 Å². The molecule has 0 radical (unpaired) electrons. The maximum Gasteiger partial charge on any atom is 0.291 e. The maximum absolute atomic E-state index is 12.8. The van der Waals surface area contributed by atoms with Crippen LogP contribution < -0.4 is 5.32 Å². The van der Waals surface area contributed by atoms with Gasteiger partial charge in [0.1, 0.15) is 16.8 Å². The summed E-state index contributed by atoms with van der Waals surface area (Å²) < 4.78 is 5.84. The molecule has 0 bridgehead atoms. The first-order chi connectivity index (χ1) is 17.0. The molecule has 176 valence electrons. The molecule has 6 nitrogen and oxygen atoms in total. The molecule has 3 aromatic carbocycles. The summed E-state index contributed by atoms with van der Waals surface area (Å²) in [5, 5.41) is 12.1. The molecular formula is C29H28N4O2. The zero-order valence-corrected chi connectivity index (χ0v) is 20.2. The predicted octanol–water partition coefficient (Wildman–Crippen LogP) is 6.89. The molecule has 0 spiro atoms. The van der Waals surface area contributed by atoms with E-state index in [9.17, 15) is 4.79 Å². The van der Waals surface area contributed by atoms with Gasteiger partial charge in [-0.05, 0) is 91.9 Å². The van der Waals surface area contributed by atoms with Crippen LogP contribution in [0.4, 0.5) is 5.69 Å². The Labute approximate surface area is 204 Å². The maximum atomic E-state index is 12.8. The lowest BCUT2D eigenvalue weighted by Gasteiger charge is -2.04. The highest BCUT2D eigenvalue weighted by atomic mass is 16.3. The van der Waals surface area contributed by atoms with Gasteiger partial charge in [-0.1, -0.05) is 37.6 Å². The van der Waals surface area contributed by atoms with E-state index in [0.717, 1.165) is 23.2 Å². The van der Waals surface area contributed by atoms with E-state index >= 15 is 0 Å². The van der Waals surface area contributed by atoms with Crippen molar-refractivity contribution in [3.05, 3.63) is 95.2 Å². The van der Waals surface area contributed by atoms with Crippen LogP contribution in [0.2, 0.25) is 0 Å². The highest BCUT2D eigenvalue weighted by Gasteiger charge is 2.14. The number of anilines is 1. The normalized spacial score (nSPS) is 11.2. The lowest BCUT2D eigenvalue weighted by Crippen LogP contribution is -2.10. The molecule has 5 aromatic rings. The van der Waals surface area contributed by atoms with Crippen LogP contribution in [0.5, 0.6) is 0 Å². The van der Waals surface area contributed by atoms with Crippen molar-refractivity contribution in [3.63, 3.8) is 0 Å². The summed E-state index contributed by atoms with van der Waals surface area (Å²) in [5.74, 6) is 0.608. The fourth-order valence-corrected chi connectivity index (χ4v) is 3.99. The zero-order valence-electron chi connectivity index (χ0n) is 20.2. The standard InChI is InChI=1S/C29H28N4O2/c1-4-5-6-21-8-12-24(13-9-21)33-31-25-14-11-23(18-26(25)32-33)30-29(34)28-16-15-27(35-28)22-10-7-19(2)20(3)17-22/h7-18H,4-6H2,1-3H3,(H,30,34). The Balaban J connectivity index is 1.31. The van der Waals surface area contributed by atoms with Gasteiger partial charge >= 0.3 is 0 Å². The van der Waals surface area contributed by atoms with Gasteiger partial charge in [0, 0.05) is 11.3 Å². The molecule has 0 unspecified atom stereocenters. The third-order valence-corrected chi connectivity index (χ3v) is 6.25. The molecule has 0 saturated heterocycles. The number of carbonyl (C=O) groups is 1. The molecule has 1 amide bonds. The first-order valence-electron chi connectivity index (χ1n) is 12.0. The van der Waals surface area contributed by atoms with Crippen LogP contribution in [-0.2, 0) is 6.42 Å². The number of rotatable bonds is 7. The van der Waals surface area contributed by atoms with Crippen LogP contribution in [0.15, 0.2) is 77.2 Å². The lowest BCUT2D eigenvalue weighted by molar-refractivity contribution is 0.0997. The Morgan fingerprint density at radius 1 is 0.886 bits per heavy atom. The highest BCUT2D eigenvalue weighted by molar-refractivity contribution is 6.03. The number of nitrogens with one attached hydrogen (secondary N) is 1. The number of hydrogen-bond donors (Lipinski definition) is 1. The number of carbonyl (C=O) groups excluding carboxylic acids is 1. The van der Waals surface area contributed by atoms with Gasteiger partial charge in [0.2, 0.25) is 0 Å². The lowest BCUT2D eigenvalue weighted by atomic mass is 10.1. The van der Waals surface area contributed by atoms with Gasteiger partial charge in [-0.3, -0.25) is 4.79 Å². The van der Waals surface area contributed by atoms with Gasteiger partial charge in [0.15, 0.2) is 5.76 Å². The van der Waals surface area contributed by atoms with E-state index in [-0.39, 0.29) is 11.7 Å². The van der Waals surface area contributed by atoms with Crippen molar-refractivity contribution in [1.82, 2.24) is 15.0 Å². The summed E-state index contributed by atoms with van der Waals surface area (Å²) >= 11 is 0. The van der Waals surface area contributed by atoms with Crippen LogP contribution >= 0.6 is 0 Å². The zero-order chi connectivity index (χ0) is 24.4. The topological polar surface area (TPSA) is 73.0 Å². The number of benzene rings is 3. The molecule has 2 aromatic heterocycles. The molecule has 0 atom stereocenters. The number of amides is 1. The van der Waals surface area contributed by atoms with Crippen LogP contribution in [0, 0.1) is 13.8 Å². The van der Waals surface area contributed by atoms with Crippen molar-refractivity contribution in [1.29, 1.82) is 0 Å². The van der Waals surface area contributed by atoms with E-state index in [4.69, 9.17) is 4.42 Å². The van der Waals surface area contributed by atoms with Gasteiger partial charge in [0.25, 0.3) is 5.91 Å². The van der Waals surface area contributed by atoms with Crippen LogP contribution in [0.3, 0.4) is 0 Å². The quantitative estimate of drug-likeness (QED) is 0.285. The van der Waals surface area contributed by atoms with Gasteiger partial charge in [-0.15, -0.1) is 10.2 Å². The largest absolute Gasteiger partial charge is 0.451 e. The van der Waals surface area contributed by atoms with E-state index in [0.29, 0.717) is 17.0 Å². The Morgan fingerprint density at radius 3 is 2.46 bits per heavy atom. The van der Waals surface area contributed by atoms with Gasteiger partial charge in [0.05, 0.1) is 5.69 Å². The molecule has 35 heavy (non-hydrogen) atoms. The summed E-state index contributed by atoms with van der Waals surface area (Å²) in [6.07, 6.45) is 3.44. The van der Waals surface area contributed by atoms with E-state index in [1.165, 1.54) is 29.5 Å². The minimum Gasteiger partial charge on any atom is -0.451 e. The summed E-state index contributed by atoms with van der Waals surface area (Å²) in [7, 11) is 0. The molecule has 0 saturated carbocycles. The van der Waals surface area contributed by atoms with Gasteiger partial charge < -0.3 is 9.73 Å². The summed E-state index contributed by atoms with van der Waals surface area (Å²) in [6.45, 7) is 6.33. The van der Waals surface area contributed by atoms with Crippen molar-refractivity contribution >= 4 is 22.6 Å². The SMILES string of the molecule is CCCCc1ccc(-n2nc3ccc(NC(=O)c4ccc(-c5ccc(C)c(C)c5)o4)cc3n2)cc1. The monoisotopic (exact) mass is 464 g/mol. The van der Waals surface area contributed by atoms with Crippen LogP contribution in [0.1, 0.15) is 47.0 Å². The third kappa shape index (κ3) is 4.87. The number of fused-ring (bicyclic) bond motifs is 1. The average molecular weight is 465 g/mol. The first-order valence-corrected chi connectivity index (χ1v) is 12.0. The highest BCUT2D eigenvalue weighted by Crippen LogP contribution is 2.25. The summed E-state index contributed by atoms with van der Waals surface area (Å²) in [5.41, 5.74) is 7.66. The fourth-order valence-electron chi connectivity index (χ4n) is 3.99. The minimum atomic E-state index is -0.311. The van der Waals surface area contributed by atoms with Gasteiger partial charge in [-0.2, -0.15) is 4.80 Å². The van der Waals surface area contributed by atoms with E-state index in [2.05, 4.69) is 60.6 Å². The van der Waals surface area contributed by atoms with Crippen molar-refractivity contribution in [3.8, 4) is 17.0 Å². The summed E-state index contributed by atoms with van der Waals surface area (Å²) in [6, 6.07) is 23.4. The molecule has 2 heterocycles. The van der Waals surface area contributed by atoms with Crippen molar-refractivity contribution < 1.29 is 9.21 Å².